The first kappa shape index (κ1) is 15.1. The van der Waals surface area contributed by atoms with Crippen molar-refractivity contribution in [3.63, 3.8) is 0 Å². The third-order valence-corrected chi connectivity index (χ3v) is 3.67. The molecule has 4 nitrogen and oxygen atoms in total. The SMILES string of the molecule is O=C1C[C@H](C(=O)Nc2cccc(OC(F)F)c2)c2ccccc21. The maximum atomic E-state index is 12.4. The molecule has 1 atom stereocenters. The van der Waals surface area contributed by atoms with Gasteiger partial charge in [-0.1, -0.05) is 30.3 Å². The average molecular weight is 317 g/mol. The molecule has 0 heterocycles. The molecule has 6 heteroatoms. The van der Waals surface area contributed by atoms with Gasteiger partial charge in [0.2, 0.25) is 5.91 Å². The van der Waals surface area contributed by atoms with Crippen LogP contribution in [0.25, 0.3) is 0 Å². The van der Waals surface area contributed by atoms with Crippen LogP contribution in [0.5, 0.6) is 5.75 Å². The summed E-state index contributed by atoms with van der Waals surface area (Å²) in [4.78, 5) is 24.3. The number of benzene rings is 2. The van der Waals surface area contributed by atoms with E-state index in [4.69, 9.17) is 0 Å². The van der Waals surface area contributed by atoms with Crippen LogP contribution < -0.4 is 10.1 Å². The van der Waals surface area contributed by atoms with Crippen LogP contribution in [-0.2, 0) is 4.79 Å². The highest BCUT2D eigenvalue weighted by atomic mass is 19.3. The number of nitrogens with one attached hydrogen (secondary N) is 1. The molecule has 0 aliphatic heterocycles. The van der Waals surface area contributed by atoms with E-state index in [1.54, 1.807) is 30.3 Å². The monoisotopic (exact) mass is 317 g/mol. The molecule has 0 radical (unpaired) electrons. The molecule has 0 unspecified atom stereocenters. The number of carbonyl (C=O) groups excluding carboxylic acids is 2. The molecule has 1 N–H and O–H groups in total. The van der Waals surface area contributed by atoms with Gasteiger partial charge in [0, 0.05) is 23.7 Å². The molecule has 0 saturated carbocycles. The maximum absolute atomic E-state index is 12.4. The van der Waals surface area contributed by atoms with E-state index < -0.39 is 12.5 Å². The number of ether oxygens (including phenoxy) is 1. The van der Waals surface area contributed by atoms with Crippen molar-refractivity contribution in [2.24, 2.45) is 0 Å². The largest absolute Gasteiger partial charge is 0.435 e. The van der Waals surface area contributed by atoms with E-state index in [-0.39, 0.29) is 23.9 Å². The van der Waals surface area contributed by atoms with Crippen molar-refractivity contribution in [3.8, 4) is 5.75 Å². The highest BCUT2D eigenvalue weighted by Crippen LogP contribution is 2.34. The fourth-order valence-corrected chi connectivity index (χ4v) is 2.67. The van der Waals surface area contributed by atoms with Gasteiger partial charge in [-0.15, -0.1) is 0 Å². The number of carbonyl (C=O) groups is 2. The Bertz CT molecular complexity index is 761. The second kappa shape index (κ2) is 6.16. The van der Waals surface area contributed by atoms with Gasteiger partial charge in [-0.25, -0.2) is 0 Å². The zero-order valence-electron chi connectivity index (χ0n) is 12.0. The van der Waals surface area contributed by atoms with E-state index >= 15 is 0 Å². The van der Waals surface area contributed by atoms with Gasteiger partial charge in [-0.05, 0) is 17.7 Å². The quantitative estimate of drug-likeness (QED) is 0.937. The number of anilines is 1. The Morgan fingerprint density at radius 1 is 1.17 bits per heavy atom. The van der Waals surface area contributed by atoms with Gasteiger partial charge in [0.15, 0.2) is 5.78 Å². The van der Waals surface area contributed by atoms with Gasteiger partial charge in [0.1, 0.15) is 5.75 Å². The fraction of sp³-hybridized carbons (Fsp3) is 0.176. The van der Waals surface area contributed by atoms with E-state index in [0.29, 0.717) is 16.8 Å². The molecule has 0 saturated heterocycles. The average Bonchev–Trinajstić information content (AvgIpc) is 2.85. The summed E-state index contributed by atoms with van der Waals surface area (Å²) >= 11 is 0. The third kappa shape index (κ3) is 3.21. The van der Waals surface area contributed by atoms with Crippen LogP contribution in [0.15, 0.2) is 48.5 Å². The Kier molecular flexibility index (Phi) is 4.06. The lowest BCUT2D eigenvalue weighted by Gasteiger charge is -2.12. The molecule has 3 rings (SSSR count). The number of alkyl halides is 2. The summed E-state index contributed by atoms with van der Waals surface area (Å²) in [7, 11) is 0. The van der Waals surface area contributed by atoms with E-state index in [9.17, 15) is 18.4 Å². The number of amides is 1. The molecule has 1 amide bonds. The zero-order chi connectivity index (χ0) is 16.4. The molecule has 1 aliphatic rings. The summed E-state index contributed by atoms with van der Waals surface area (Å²) in [6.07, 6.45) is 0.110. The maximum Gasteiger partial charge on any atom is 0.387 e. The molecular formula is C17H13F2NO3. The van der Waals surface area contributed by atoms with E-state index in [2.05, 4.69) is 10.1 Å². The minimum atomic E-state index is -2.93. The lowest BCUT2D eigenvalue weighted by molar-refractivity contribution is -0.117. The van der Waals surface area contributed by atoms with Crippen molar-refractivity contribution < 1.29 is 23.1 Å². The summed E-state index contributed by atoms with van der Waals surface area (Å²) in [6.45, 7) is -2.93. The van der Waals surface area contributed by atoms with Gasteiger partial charge in [0.05, 0.1) is 5.92 Å². The van der Waals surface area contributed by atoms with E-state index in [1.165, 1.54) is 18.2 Å². The molecule has 2 aromatic rings. The number of halogens is 2. The van der Waals surface area contributed by atoms with Crippen LogP contribution >= 0.6 is 0 Å². The lowest BCUT2D eigenvalue weighted by Crippen LogP contribution is -2.19. The molecule has 1 aliphatic carbocycles. The second-order valence-electron chi connectivity index (χ2n) is 5.16. The highest BCUT2D eigenvalue weighted by Gasteiger charge is 2.33. The Hall–Kier alpha value is -2.76. The van der Waals surface area contributed by atoms with Crippen molar-refractivity contribution in [1.29, 1.82) is 0 Å². The van der Waals surface area contributed by atoms with Gasteiger partial charge in [-0.3, -0.25) is 9.59 Å². The molecule has 0 aromatic heterocycles. The van der Waals surface area contributed by atoms with Crippen molar-refractivity contribution in [2.75, 3.05) is 5.32 Å². The Morgan fingerprint density at radius 2 is 1.96 bits per heavy atom. The summed E-state index contributed by atoms with van der Waals surface area (Å²) in [6, 6.07) is 12.7. The van der Waals surface area contributed by atoms with Crippen LogP contribution in [0.3, 0.4) is 0 Å². The van der Waals surface area contributed by atoms with Crippen molar-refractivity contribution in [2.45, 2.75) is 19.0 Å². The van der Waals surface area contributed by atoms with Crippen molar-refractivity contribution >= 4 is 17.4 Å². The molecule has 0 bridgehead atoms. The first-order valence-electron chi connectivity index (χ1n) is 7.02. The Labute approximate surface area is 131 Å². The molecule has 0 fully saturated rings. The third-order valence-electron chi connectivity index (χ3n) is 3.67. The number of fused-ring (bicyclic) bond motifs is 1. The number of hydrogen-bond donors (Lipinski definition) is 1. The van der Waals surface area contributed by atoms with Crippen LogP contribution in [0, 0.1) is 0 Å². The predicted molar refractivity (Wildman–Crippen MR) is 79.8 cm³/mol. The Balaban J connectivity index is 1.77. The number of Topliss-reactive ketones (excluding diaryl/α,β-unsaturated/α-hetero) is 1. The number of hydrogen-bond acceptors (Lipinski definition) is 3. The molecule has 118 valence electrons. The number of rotatable bonds is 4. The highest BCUT2D eigenvalue weighted by molar-refractivity contribution is 6.09. The zero-order valence-corrected chi connectivity index (χ0v) is 12.0. The lowest BCUT2D eigenvalue weighted by atomic mass is 10.0. The first-order chi connectivity index (χ1) is 11.0. The minimum absolute atomic E-state index is 0.0410. The second-order valence-corrected chi connectivity index (χ2v) is 5.16. The van der Waals surface area contributed by atoms with E-state index in [0.717, 1.165) is 0 Å². The van der Waals surface area contributed by atoms with Crippen molar-refractivity contribution in [3.05, 3.63) is 59.7 Å². The smallest absolute Gasteiger partial charge is 0.387 e. The normalized spacial score (nSPS) is 16.3. The Morgan fingerprint density at radius 3 is 2.74 bits per heavy atom. The van der Waals surface area contributed by atoms with Crippen LogP contribution in [0.1, 0.15) is 28.3 Å². The summed E-state index contributed by atoms with van der Waals surface area (Å²) in [5, 5.41) is 2.64. The standard InChI is InChI=1S/C17H13F2NO3/c18-17(19)23-11-5-3-4-10(8-11)20-16(22)14-9-15(21)13-7-2-1-6-12(13)14/h1-8,14,17H,9H2,(H,20,22)/t14-/m0/s1. The summed E-state index contributed by atoms with van der Waals surface area (Å²) < 4.78 is 28.7. The first-order valence-corrected chi connectivity index (χ1v) is 7.02. The molecular weight excluding hydrogens is 304 g/mol. The van der Waals surface area contributed by atoms with Crippen LogP contribution in [0.4, 0.5) is 14.5 Å². The van der Waals surface area contributed by atoms with Crippen LogP contribution in [0.2, 0.25) is 0 Å². The molecule has 23 heavy (non-hydrogen) atoms. The minimum Gasteiger partial charge on any atom is -0.435 e. The number of ketones is 1. The summed E-state index contributed by atoms with van der Waals surface area (Å²) in [5.74, 6) is -1.04. The van der Waals surface area contributed by atoms with Gasteiger partial charge in [-0.2, -0.15) is 8.78 Å². The van der Waals surface area contributed by atoms with Crippen molar-refractivity contribution in [1.82, 2.24) is 0 Å². The fourth-order valence-electron chi connectivity index (χ4n) is 2.67. The summed E-state index contributed by atoms with van der Waals surface area (Å²) in [5.41, 5.74) is 1.59. The van der Waals surface area contributed by atoms with Gasteiger partial charge >= 0.3 is 6.61 Å². The molecule has 0 spiro atoms. The molecule has 2 aromatic carbocycles. The van der Waals surface area contributed by atoms with Crippen LogP contribution in [-0.4, -0.2) is 18.3 Å². The van der Waals surface area contributed by atoms with Gasteiger partial charge in [0.25, 0.3) is 0 Å². The topological polar surface area (TPSA) is 55.4 Å². The van der Waals surface area contributed by atoms with E-state index in [1.807, 2.05) is 0 Å². The predicted octanol–water partition coefficient (Wildman–Crippen LogP) is 3.60. The van der Waals surface area contributed by atoms with Gasteiger partial charge < -0.3 is 10.1 Å².